The van der Waals surface area contributed by atoms with Crippen molar-refractivity contribution < 1.29 is 23.8 Å². The van der Waals surface area contributed by atoms with Crippen LogP contribution in [0.2, 0.25) is 0 Å². The maximum Gasteiger partial charge on any atom is 0.301 e. The largest absolute Gasteiger partial charge is 0.507 e. The monoisotopic (exact) mass is 516 g/mol. The van der Waals surface area contributed by atoms with Crippen molar-refractivity contribution in [1.29, 1.82) is 0 Å². The zero-order valence-electron chi connectivity index (χ0n) is 20.6. The Morgan fingerprint density at radius 1 is 1.08 bits per heavy atom. The summed E-state index contributed by atoms with van der Waals surface area (Å²) in [7, 11) is 0. The Morgan fingerprint density at radius 2 is 1.78 bits per heavy atom. The van der Waals surface area contributed by atoms with Gasteiger partial charge in [-0.25, -0.2) is 9.37 Å². The number of aliphatic hydroxyl groups is 1. The molecule has 188 valence electrons. The van der Waals surface area contributed by atoms with Crippen LogP contribution >= 0.6 is 11.3 Å². The Morgan fingerprint density at radius 3 is 2.43 bits per heavy atom. The predicted molar refractivity (Wildman–Crippen MR) is 143 cm³/mol. The molecule has 8 heteroatoms. The molecule has 1 saturated heterocycles. The average Bonchev–Trinajstić information content (AvgIpc) is 3.42. The molecule has 0 saturated carbocycles. The van der Waals surface area contributed by atoms with Crippen molar-refractivity contribution in [1.82, 2.24) is 4.98 Å². The van der Waals surface area contributed by atoms with Crippen LogP contribution in [0.3, 0.4) is 0 Å². The van der Waals surface area contributed by atoms with Gasteiger partial charge in [-0.15, -0.1) is 0 Å². The van der Waals surface area contributed by atoms with E-state index in [1.54, 1.807) is 6.07 Å². The van der Waals surface area contributed by atoms with Crippen LogP contribution < -0.4 is 9.64 Å². The SMILES string of the molecule is CCOc1ccc2nc(N3C(=O)C(=O)/C(=C(/O)c4ccc(F)cc4)[C@H]3c3ccc(C(C)C)cc3)sc2c1. The molecule has 0 bridgehead atoms. The van der Waals surface area contributed by atoms with Crippen molar-refractivity contribution >= 4 is 44.1 Å². The maximum absolute atomic E-state index is 13.5. The molecular formula is C29H25FN2O4S. The number of hydrogen-bond acceptors (Lipinski definition) is 6. The number of ether oxygens (including phenoxy) is 1. The Labute approximate surface area is 217 Å². The molecule has 0 radical (unpaired) electrons. The van der Waals surface area contributed by atoms with Crippen molar-refractivity contribution in [2.24, 2.45) is 0 Å². The molecule has 2 heterocycles. The quantitative estimate of drug-likeness (QED) is 0.178. The number of anilines is 1. The summed E-state index contributed by atoms with van der Waals surface area (Å²) in [5.74, 6) is -1.47. The Bertz CT molecular complexity index is 1520. The summed E-state index contributed by atoms with van der Waals surface area (Å²) >= 11 is 1.27. The topological polar surface area (TPSA) is 79.7 Å². The molecule has 3 aromatic carbocycles. The van der Waals surface area contributed by atoms with Gasteiger partial charge in [0.15, 0.2) is 5.13 Å². The lowest BCUT2D eigenvalue weighted by Crippen LogP contribution is -2.29. The van der Waals surface area contributed by atoms with Crippen LogP contribution in [0.1, 0.15) is 49.4 Å². The normalized spacial score (nSPS) is 17.2. The van der Waals surface area contributed by atoms with Gasteiger partial charge in [0, 0.05) is 5.56 Å². The zero-order chi connectivity index (χ0) is 26.3. The third-order valence-electron chi connectivity index (χ3n) is 6.35. The Hall–Kier alpha value is -4.04. The standard InChI is InChI=1S/C29H25FN2O4S/c1-4-36-21-13-14-22-23(15-21)37-29(31-22)32-25(18-7-5-17(6-8-18)16(2)3)24(27(34)28(32)35)26(33)19-9-11-20(30)12-10-19/h5-16,25,33H,4H2,1-3H3/b26-24+/t25-/m1/s1. The first-order chi connectivity index (χ1) is 17.8. The third kappa shape index (κ3) is 4.49. The molecule has 4 aromatic rings. The van der Waals surface area contributed by atoms with E-state index in [0.29, 0.717) is 34.5 Å². The fourth-order valence-corrected chi connectivity index (χ4v) is 5.44. The fourth-order valence-electron chi connectivity index (χ4n) is 4.42. The number of hydrogen-bond donors (Lipinski definition) is 1. The number of halogens is 1. The van der Waals surface area contributed by atoms with Crippen LogP contribution in [-0.2, 0) is 9.59 Å². The van der Waals surface area contributed by atoms with Crippen LogP contribution in [-0.4, -0.2) is 28.4 Å². The van der Waals surface area contributed by atoms with Gasteiger partial charge in [-0.3, -0.25) is 14.5 Å². The summed E-state index contributed by atoms with van der Waals surface area (Å²) < 4.78 is 19.9. The zero-order valence-corrected chi connectivity index (χ0v) is 21.4. The first-order valence-electron chi connectivity index (χ1n) is 12.0. The van der Waals surface area contributed by atoms with E-state index in [2.05, 4.69) is 18.8 Å². The van der Waals surface area contributed by atoms with Crippen LogP contribution in [0.5, 0.6) is 5.75 Å². The number of amides is 1. The summed E-state index contributed by atoms with van der Waals surface area (Å²) in [5.41, 5.74) is 2.60. The van der Waals surface area contributed by atoms with Crippen molar-refractivity contribution in [3.05, 3.63) is 94.8 Å². The average molecular weight is 517 g/mol. The second-order valence-corrected chi connectivity index (χ2v) is 10.1. The van der Waals surface area contributed by atoms with Gasteiger partial charge in [0.05, 0.1) is 28.4 Å². The fraction of sp³-hybridized carbons (Fsp3) is 0.207. The van der Waals surface area contributed by atoms with Gasteiger partial charge in [0.1, 0.15) is 17.3 Å². The molecule has 1 fully saturated rings. The number of thiazole rings is 1. The summed E-state index contributed by atoms with van der Waals surface area (Å²) in [6, 6.07) is 17.3. The lowest BCUT2D eigenvalue weighted by atomic mass is 9.93. The van der Waals surface area contributed by atoms with Crippen LogP contribution in [0, 0.1) is 5.82 Å². The summed E-state index contributed by atoms with van der Waals surface area (Å²) in [4.78, 5) is 32.8. The highest BCUT2D eigenvalue weighted by atomic mass is 32.1. The molecule has 5 rings (SSSR count). The number of Topliss-reactive ketones (excluding diaryl/α,β-unsaturated/α-hetero) is 1. The number of aliphatic hydroxyl groups excluding tert-OH is 1. The van der Waals surface area contributed by atoms with Gasteiger partial charge < -0.3 is 9.84 Å². The number of nitrogens with zero attached hydrogens (tertiary/aromatic N) is 2. The van der Waals surface area contributed by atoms with E-state index in [1.165, 1.54) is 40.5 Å². The smallest absolute Gasteiger partial charge is 0.301 e. The first-order valence-corrected chi connectivity index (χ1v) is 12.8. The first kappa shape index (κ1) is 24.6. The molecule has 6 nitrogen and oxygen atoms in total. The summed E-state index contributed by atoms with van der Waals surface area (Å²) in [5, 5.41) is 11.5. The molecule has 0 aliphatic carbocycles. The summed E-state index contributed by atoms with van der Waals surface area (Å²) in [6.07, 6.45) is 0. The van der Waals surface area contributed by atoms with Gasteiger partial charge >= 0.3 is 5.91 Å². The lowest BCUT2D eigenvalue weighted by molar-refractivity contribution is -0.132. The van der Waals surface area contributed by atoms with Crippen molar-refractivity contribution in [2.75, 3.05) is 11.5 Å². The lowest BCUT2D eigenvalue weighted by Gasteiger charge is -2.23. The molecule has 1 aliphatic rings. The van der Waals surface area contributed by atoms with E-state index >= 15 is 0 Å². The number of ketones is 1. The van der Waals surface area contributed by atoms with Gasteiger partial charge in [-0.1, -0.05) is 49.4 Å². The minimum Gasteiger partial charge on any atom is -0.507 e. The number of carbonyl (C=O) groups excluding carboxylic acids is 2. The van der Waals surface area contributed by atoms with E-state index in [9.17, 15) is 19.1 Å². The molecular weight excluding hydrogens is 491 g/mol. The molecule has 37 heavy (non-hydrogen) atoms. The second-order valence-electron chi connectivity index (χ2n) is 9.06. The number of rotatable bonds is 6. The van der Waals surface area contributed by atoms with E-state index in [1.807, 2.05) is 43.3 Å². The molecule has 1 aromatic heterocycles. The van der Waals surface area contributed by atoms with Gasteiger partial charge in [-0.2, -0.15) is 0 Å². The maximum atomic E-state index is 13.5. The second kappa shape index (κ2) is 9.78. The van der Waals surface area contributed by atoms with Gasteiger partial charge in [0.25, 0.3) is 5.78 Å². The number of aromatic nitrogens is 1. The van der Waals surface area contributed by atoms with E-state index in [0.717, 1.165) is 10.3 Å². The molecule has 0 spiro atoms. The Kier molecular flexibility index (Phi) is 6.52. The highest BCUT2D eigenvalue weighted by Gasteiger charge is 2.48. The third-order valence-corrected chi connectivity index (χ3v) is 7.36. The van der Waals surface area contributed by atoms with Gasteiger partial charge in [-0.05, 0) is 66.4 Å². The summed E-state index contributed by atoms with van der Waals surface area (Å²) in [6.45, 7) is 6.56. The highest BCUT2D eigenvalue weighted by Crippen LogP contribution is 2.44. The molecule has 1 amide bonds. The van der Waals surface area contributed by atoms with E-state index in [4.69, 9.17) is 4.74 Å². The van der Waals surface area contributed by atoms with Crippen LogP contribution in [0.4, 0.5) is 9.52 Å². The minimum absolute atomic E-state index is 0.0665. The number of fused-ring (bicyclic) bond motifs is 1. The molecule has 1 atom stereocenters. The number of carbonyl (C=O) groups is 2. The van der Waals surface area contributed by atoms with Crippen LogP contribution in [0.25, 0.3) is 16.0 Å². The molecule has 1 N–H and O–H groups in total. The van der Waals surface area contributed by atoms with E-state index < -0.39 is 23.5 Å². The molecule has 1 aliphatic heterocycles. The van der Waals surface area contributed by atoms with E-state index in [-0.39, 0.29) is 16.9 Å². The van der Waals surface area contributed by atoms with Crippen molar-refractivity contribution in [3.8, 4) is 5.75 Å². The Balaban J connectivity index is 1.68. The number of benzene rings is 3. The molecule has 0 unspecified atom stereocenters. The minimum atomic E-state index is -0.904. The predicted octanol–water partition coefficient (Wildman–Crippen LogP) is 6.58. The van der Waals surface area contributed by atoms with Crippen molar-refractivity contribution in [3.63, 3.8) is 0 Å². The van der Waals surface area contributed by atoms with Crippen molar-refractivity contribution in [2.45, 2.75) is 32.7 Å². The van der Waals surface area contributed by atoms with Crippen LogP contribution in [0.15, 0.2) is 72.3 Å². The highest BCUT2D eigenvalue weighted by molar-refractivity contribution is 7.22. The van der Waals surface area contributed by atoms with Gasteiger partial charge in [0.2, 0.25) is 0 Å².